The van der Waals surface area contributed by atoms with Crippen molar-refractivity contribution in [1.82, 2.24) is 5.32 Å². The van der Waals surface area contributed by atoms with Gasteiger partial charge in [0.15, 0.2) is 0 Å². The predicted octanol–water partition coefficient (Wildman–Crippen LogP) is 0.927. The van der Waals surface area contributed by atoms with Gasteiger partial charge in [0.05, 0.1) is 0 Å². The van der Waals surface area contributed by atoms with E-state index >= 15 is 0 Å². The number of carbonyl (C=O) groups is 1. The Labute approximate surface area is 103 Å². The molecular weight excluding hydrogens is 216 g/mol. The van der Waals surface area contributed by atoms with Gasteiger partial charge in [0.25, 0.3) is 0 Å². The van der Waals surface area contributed by atoms with Crippen LogP contribution < -0.4 is 11.1 Å². The fourth-order valence-electron chi connectivity index (χ4n) is 2.85. The Morgan fingerprint density at radius 1 is 1.24 bits per heavy atom. The van der Waals surface area contributed by atoms with E-state index in [9.17, 15) is 4.79 Å². The first kappa shape index (κ1) is 12.8. The molecule has 98 valence electrons. The zero-order valence-corrected chi connectivity index (χ0v) is 10.5. The molecule has 0 atom stereocenters. The molecule has 0 unspecified atom stereocenters. The molecule has 17 heavy (non-hydrogen) atoms. The van der Waals surface area contributed by atoms with Gasteiger partial charge >= 0.3 is 0 Å². The fraction of sp³-hybridized carbons (Fsp3) is 0.923. The maximum absolute atomic E-state index is 11.8. The van der Waals surface area contributed by atoms with Crippen molar-refractivity contribution in [1.29, 1.82) is 0 Å². The molecule has 2 aliphatic carbocycles. The third-order valence-electron chi connectivity index (χ3n) is 4.37. The van der Waals surface area contributed by atoms with Crippen LogP contribution in [-0.4, -0.2) is 29.7 Å². The molecular formula is C13H24N2O2. The number of carbonyl (C=O) groups excluding carboxylic acids is 1. The van der Waals surface area contributed by atoms with Gasteiger partial charge in [-0.3, -0.25) is 4.79 Å². The van der Waals surface area contributed by atoms with Gasteiger partial charge in [0.2, 0.25) is 5.91 Å². The highest BCUT2D eigenvalue weighted by molar-refractivity contribution is 5.77. The number of aliphatic hydroxyl groups excluding tert-OH is 1. The number of hydrogen-bond acceptors (Lipinski definition) is 3. The molecule has 4 N–H and O–H groups in total. The number of aliphatic hydroxyl groups is 1. The monoisotopic (exact) mass is 240 g/mol. The van der Waals surface area contributed by atoms with Crippen LogP contribution in [0.1, 0.15) is 51.4 Å². The molecule has 1 amide bonds. The molecule has 4 heteroatoms. The van der Waals surface area contributed by atoms with Gasteiger partial charge in [0, 0.05) is 25.1 Å². The minimum Gasteiger partial charge on any atom is -0.396 e. The summed E-state index contributed by atoms with van der Waals surface area (Å²) in [6.45, 7) is 0.930. The minimum atomic E-state index is -0.252. The van der Waals surface area contributed by atoms with E-state index in [1.54, 1.807) is 0 Å². The Hall–Kier alpha value is -0.610. The van der Waals surface area contributed by atoms with E-state index < -0.39 is 0 Å². The van der Waals surface area contributed by atoms with E-state index in [2.05, 4.69) is 5.32 Å². The maximum atomic E-state index is 11.8. The highest BCUT2D eigenvalue weighted by atomic mass is 16.3. The van der Waals surface area contributed by atoms with Gasteiger partial charge in [-0.2, -0.15) is 0 Å². The van der Waals surface area contributed by atoms with E-state index in [-0.39, 0.29) is 23.5 Å². The lowest BCUT2D eigenvalue weighted by Crippen LogP contribution is -2.43. The van der Waals surface area contributed by atoms with Crippen LogP contribution in [-0.2, 0) is 4.79 Å². The van der Waals surface area contributed by atoms with Crippen LogP contribution in [0, 0.1) is 5.41 Å². The Balaban J connectivity index is 1.71. The van der Waals surface area contributed by atoms with Crippen LogP contribution in [0.3, 0.4) is 0 Å². The summed E-state index contributed by atoms with van der Waals surface area (Å²) in [7, 11) is 0. The van der Waals surface area contributed by atoms with Crippen LogP contribution >= 0.6 is 0 Å². The summed E-state index contributed by atoms with van der Waals surface area (Å²) in [5.41, 5.74) is 6.12. The summed E-state index contributed by atoms with van der Waals surface area (Å²) in [5.74, 6) is 0.0821. The normalized spacial score (nSPS) is 24.6. The zero-order chi connectivity index (χ0) is 12.4. The summed E-state index contributed by atoms with van der Waals surface area (Å²) >= 11 is 0. The number of rotatable bonds is 6. The Kier molecular flexibility index (Phi) is 3.73. The number of nitrogens with two attached hydrogens (primary N) is 1. The smallest absolute Gasteiger partial charge is 0.221 e. The average Bonchev–Trinajstić information content (AvgIpc) is 2.92. The van der Waals surface area contributed by atoms with Crippen molar-refractivity contribution in [2.24, 2.45) is 11.1 Å². The predicted molar refractivity (Wildman–Crippen MR) is 66.4 cm³/mol. The highest BCUT2D eigenvalue weighted by Gasteiger charge is 2.42. The minimum absolute atomic E-state index is 0.0821. The van der Waals surface area contributed by atoms with Crippen molar-refractivity contribution in [3.63, 3.8) is 0 Å². The second-order valence-corrected chi connectivity index (χ2v) is 6.00. The molecule has 0 radical (unpaired) electrons. The SMILES string of the molecule is NC1(CC(=O)NCC2(CCO)CC2)CCCC1. The molecule has 0 aromatic rings. The lowest BCUT2D eigenvalue weighted by Gasteiger charge is -2.23. The molecule has 2 rings (SSSR count). The topological polar surface area (TPSA) is 75.4 Å². The van der Waals surface area contributed by atoms with Crippen LogP contribution in [0.4, 0.5) is 0 Å². The van der Waals surface area contributed by atoms with Gasteiger partial charge in [0.1, 0.15) is 0 Å². The second-order valence-electron chi connectivity index (χ2n) is 6.00. The van der Waals surface area contributed by atoms with E-state index in [0.29, 0.717) is 13.0 Å². The average molecular weight is 240 g/mol. The van der Waals surface area contributed by atoms with Crippen LogP contribution in [0.15, 0.2) is 0 Å². The van der Waals surface area contributed by atoms with Gasteiger partial charge in [-0.05, 0) is 37.5 Å². The third kappa shape index (κ3) is 3.42. The first-order chi connectivity index (χ1) is 8.08. The van der Waals surface area contributed by atoms with Crippen molar-refractivity contribution >= 4 is 5.91 Å². The molecule has 2 saturated carbocycles. The molecule has 4 nitrogen and oxygen atoms in total. The summed E-state index contributed by atoms with van der Waals surface area (Å²) in [6, 6.07) is 0. The number of amides is 1. The van der Waals surface area contributed by atoms with Crippen LogP contribution in [0.5, 0.6) is 0 Å². The van der Waals surface area contributed by atoms with Gasteiger partial charge in [-0.25, -0.2) is 0 Å². The van der Waals surface area contributed by atoms with Crippen LogP contribution in [0.25, 0.3) is 0 Å². The molecule has 0 heterocycles. The Morgan fingerprint density at radius 2 is 1.88 bits per heavy atom. The quantitative estimate of drug-likeness (QED) is 0.646. The number of nitrogens with one attached hydrogen (secondary N) is 1. The Morgan fingerprint density at radius 3 is 2.41 bits per heavy atom. The standard InChI is InChI=1S/C13H24N2O2/c14-13(3-1-2-4-13)9-11(17)15-10-12(5-6-12)7-8-16/h16H,1-10,14H2,(H,15,17). The maximum Gasteiger partial charge on any atom is 0.221 e. The van der Waals surface area contributed by atoms with Crippen LogP contribution in [0.2, 0.25) is 0 Å². The molecule has 0 spiro atoms. The van der Waals surface area contributed by atoms with Gasteiger partial charge in [-0.1, -0.05) is 12.8 Å². The summed E-state index contributed by atoms with van der Waals surface area (Å²) in [6.07, 6.45) is 7.77. The summed E-state index contributed by atoms with van der Waals surface area (Å²) in [4.78, 5) is 11.8. The third-order valence-corrected chi connectivity index (χ3v) is 4.37. The van der Waals surface area contributed by atoms with E-state index in [1.807, 2.05) is 0 Å². The summed E-state index contributed by atoms with van der Waals surface area (Å²) in [5, 5.41) is 11.9. The molecule has 0 aromatic carbocycles. The first-order valence-corrected chi connectivity index (χ1v) is 6.74. The zero-order valence-electron chi connectivity index (χ0n) is 10.5. The largest absolute Gasteiger partial charge is 0.396 e. The van der Waals surface area contributed by atoms with E-state index in [4.69, 9.17) is 10.8 Å². The van der Waals surface area contributed by atoms with E-state index in [1.165, 1.54) is 0 Å². The molecule has 0 aromatic heterocycles. The Bertz CT molecular complexity index is 281. The molecule has 2 aliphatic rings. The van der Waals surface area contributed by atoms with Crippen molar-refractivity contribution in [3.05, 3.63) is 0 Å². The first-order valence-electron chi connectivity index (χ1n) is 6.74. The lowest BCUT2D eigenvalue weighted by molar-refractivity contribution is -0.122. The van der Waals surface area contributed by atoms with Crippen molar-refractivity contribution in [2.45, 2.75) is 56.9 Å². The van der Waals surface area contributed by atoms with Gasteiger partial charge in [-0.15, -0.1) is 0 Å². The lowest BCUT2D eigenvalue weighted by atomic mass is 9.94. The molecule has 2 fully saturated rings. The van der Waals surface area contributed by atoms with E-state index in [0.717, 1.165) is 44.9 Å². The summed E-state index contributed by atoms with van der Waals surface area (Å²) < 4.78 is 0. The molecule has 0 saturated heterocycles. The molecule has 0 bridgehead atoms. The highest BCUT2D eigenvalue weighted by Crippen LogP contribution is 2.47. The van der Waals surface area contributed by atoms with Crippen molar-refractivity contribution in [3.8, 4) is 0 Å². The van der Waals surface area contributed by atoms with Crippen molar-refractivity contribution < 1.29 is 9.90 Å². The number of hydrogen-bond donors (Lipinski definition) is 3. The molecule has 0 aliphatic heterocycles. The fourth-order valence-corrected chi connectivity index (χ4v) is 2.85. The van der Waals surface area contributed by atoms with Crippen molar-refractivity contribution in [2.75, 3.05) is 13.2 Å². The van der Waals surface area contributed by atoms with Gasteiger partial charge < -0.3 is 16.2 Å². The second kappa shape index (κ2) is 4.94.